The molecule has 1 heterocycles. The zero-order chi connectivity index (χ0) is 13.8. The molecule has 2 rings (SSSR count). The van der Waals surface area contributed by atoms with Gasteiger partial charge in [-0.2, -0.15) is 5.10 Å². The zero-order valence-corrected chi connectivity index (χ0v) is 10.4. The topological polar surface area (TPSA) is 87.2 Å². The van der Waals surface area contributed by atoms with E-state index in [1.165, 1.54) is 10.9 Å². The van der Waals surface area contributed by atoms with Crippen LogP contribution in [0.3, 0.4) is 0 Å². The normalized spacial score (nSPS) is 10.2. The number of hydrogen-bond acceptors (Lipinski definition) is 4. The van der Waals surface area contributed by atoms with Crippen LogP contribution in [0.1, 0.15) is 26.3 Å². The van der Waals surface area contributed by atoms with Crippen LogP contribution in [0, 0.1) is 0 Å². The molecule has 1 amide bonds. The van der Waals surface area contributed by atoms with E-state index in [4.69, 9.17) is 10.5 Å². The van der Waals surface area contributed by atoms with Crippen LogP contribution in [0.15, 0.2) is 36.7 Å². The number of carbonyl (C=O) groups excluding carboxylic acids is 2. The predicted molar refractivity (Wildman–Crippen MR) is 67.3 cm³/mol. The van der Waals surface area contributed by atoms with Gasteiger partial charge in [0.05, 0.1) is 11.8 Å². The molecule has 0 aliphatic rings. The fourth-order valence-electron chi connectivity index (χ4n) is 1.52. The third-order valence-corrected chi connectivity index (χ3v) is 2.55. The van der Waals surface area contributed by atoms with Gasteiger partial charge in [0.15, 0.2) is 0 Å². The molecule has 19 heavy (non-hydrogen) atoms. The summed E-state index contributed by atoms with van der Waals surface area (Å²) in [7, 11) is 1.72. The van der Waals surface area contributed by atoms with Gasteiger partial charge in [0.25, 0.3) is 0 Å². The lowest BCUT2D eigenvalue weighted by molar-refractivity contribution is 0.0472. The van der Waals surface area contributed by atoms with Gasteiger partial charge in [0.1, 0.15) is 6.61 Å². The molecular weight excluding hydrogens is 246 g/mol. The molecule has 6 heteroatoms. The Kier molecular flexibility index (Phi) is 3.61. The second-order valence-corrected chi connectivity index (χ2v) is 4.04. The van der Waals surface area contributed by atoms with Crippen molar-refractivity contribution in [2.75, 3.05) is 0 Å². The number of esters is 1. The lowest BCUT2D eigenvalue weighted by Crippen LogP contribution is -2.10. The molecule has 0 atom stereocenters. The first-order valence-electron chi connectivity index (χ1n) is 5.61. The number of primary amides is 1. The number of nitrogens with two attached hydrogens (primary N) is 1. The molecule has 98 valence electrons. The molecule has 0 saturated carbocycles. The highest BCUT2D eigenvalue weighted by Gasteiger charge is 2.09. The van der Waals surface area contributed by atoms with Crippen molar-refractivity contribution < 1.29 is 14.3 Å². The van der Waals surface area contributed by atoms with Crippen LogP contribution in [-0.4, -0.2) is 21.7 Å². The SMILES string of the molecule is Cn1cc(C(=O)OCc2ccc(C(N)=O)cc2)cn1. The standard InChI is InChI=1S/C13H13N3O3/c1-16-7-11(6-15-16)13(18)19-8-9-2-4-10(5-3-9)12(14)17/h2-7H,8H2,1H3,(H2,14,17). The minimum Gasteiger partial charge on any atom is -0.457 e. The molecule has 2 N–H and O–H groups in total. The van der Waals surface area contributed by atoms with E-state index in [0.717, 1.165) is 5.56 Å². The molecule has 0 fully saturated rings. The smallest absolute Gasteiger partial charge is 0.341 e. The minimum atomic E-state index is -0.487. The van der Waals surface area contributed by atoms with Crippen molar-refractivity contribution in [3.05, 3.63) is 53.3 Å². The van der Waals surface area contributed by atoms with Crippen LogP contribution in [0.25, 0.3) is 0 Å². The van der Waals surface area contributed by atoms with Crippen molar-refractivity contribution in [3.8, 4) is 0 Å². The summed E-state index contributed by atoms with van der Waals surface area (Å²) in [6.07, 6.45) is 3.02. The number of rotatable bonds is 4. The van der Waals surface area contributed by atoms with Gasteiger partial charge in [-0.05, 0) is 17.7 Å². The monoisotopic (exact) mass is 259 g/mol. The zero-order valence-electron chi connectivity index (χ0n) is 10.4. The van der Waals surface area contributed by atoms with E-state index in [0.29, 0.717) is 11.1 Å². The van der Waals surface area contributed by atoms with Crippen molar-refractivity contribution in [2.24, 2.45) is 12.8 Å². The molecule has 0 spiro atoms. The Morgan fingerprint density at radius 1 is 1.26 bits per heavy atom. The lowest BCUT2D eigenvalue weighted by Gasteiger charge is -2.04. The second kappa shape index (κ2) is 5.34. The summed E-state index contributed by atoms with van der Waals surface area (Å²) < 4.78 is 6.65. The summed E-state index contributed by atoms with van der Waals surface area (Å²) >= 11 is 0. The largest absolute Gasteiger partial charge is 0.457 e. The summed E-state index contributed by atoms with van der Waals surface area (Å²) in [5.74, 6) is -0.925. The first kappa shape index (κ1) is 12.8. The van der Waals surface area contributed by atoms with Gasteiger partial charge in [-0.15, -0.1) is 0 Å². The number of ether oxygens (including phenoxy) is 1. The summed E-state index contributed by atoms with van der Waals surface area (Å²) in [5.41, 5.74) is 6.73. The second-order valence-electron chi connectivity index (χ2n) is 4.04. The Bertz CT molecular complexity index is 602. The fraction of sp³-hybridized carbons (Fsp3) is 0.154. The first-order chi connectivity index (χ1) is 9.06. The maximum atomic E-state index is 11.7. The Hall–Kier alpha value is -2.63. The van der Waals surface area contributed by atoms with Gasteiger partial charge in [-0.1, -0.05) is 12.1 Å². The Labute approximate surface area is 109 Å². The van der Waals surface area contributed by atoms with E-state index in [9.17, 15) is 9.59 Å². The number of benzene rings is 1. The molecule has 1 aromatic heterocycles. The maximum absolute atomic E-state index is 11.7. The molecule has 0 aliphatic heterocycles. The number of amides is 1. The number of carbonyl (C=O) groups is 2. The highest BCUT2D eigenvalue weighted by atomic mass is 16.5. The number of hydrogen-bond donors (Lipinski definition) is 1. The molecule has 0 radical (unpaired) electrons. The number of aryl methyl sites for hydroxylation is 1. The molecule has 0 bridgehead atoms. The van der Waals surface area contributed by atoms with Crippen LogP contribution < -0.4 is 5.73 Å². The van der Waals surface area contributed by atoms with E-state index in [1.54, 1.807) is 37.5 Å². The van der Waals surface area contributed by atoms with Gasteiger partial charge in [0, 0.05) is 18.8 Å². The van der Waals surface area contributed by atoms with E-state index in [1.807, 2.05) is 0 Å². The number of nitrogens with zero attached hydrogens (tertiary/aromatic N) is 2. The fourth-order valence-corrected chi connectivity index (χ4v) is 1.52. The molecule has 2 aromatic rings. The molecule has 0 aliphatic carbocycles. The Balaban J connectivity index is 1.95. The molecule has 1 aromatic carbocycles. The van der Waals surface area contributed by atoms with E-state index >= 15 is 0 Å². The van der Waals surface area contributed by atoms with Crippen LogP contribution >= 0.6 is 0 Å². The van der Waals surface area contributed by atoms with Gasteiger partial charge < -0.3 is 10.5 Å². The summed E-state index contributed by atoms with van der Waals surface area (Å²) in [5, 5.41) is 3.89. The lowest BCUT2D eigenvalue weighted by atomic mass is 10.1. The van der Waals surface area contributed by atoms with Crippen LogP contribution in [0.5, 0.6) is 0 Å². The average molecular weight is 259 g/mol. The van der Waals surface area contributed by atoms with Gasteiger partial charge in [0.2, 0.25) is 5.91 Å². The molecular formula is C13H13N3O3. The van der Waals surface area contributed by atoms with Crippen molar-refractivity contribution in [3.63, 3.8) is 0 Å². The van der Waals surface area contributed by atoms with Gasteiger partial charge >= 0.3 is 5.97 Å². The Morgan fingerprint density at radius 2 is 1.95 bits per heavy atom. The van der Waals surface area contributed by atoms with Crippen LogP contribution in [0.4, 0.5) is 0 Å². The van der Waals surface area contributed by atoms with Crippen molar-refractivity contribution in [1.29, 1.82) is 0 Å². The number of aromatic nitrogens is 2. The van der Waals surface area contributed by atoms with E-state index in [2.05, 4.69) is 5.10 Å². The van der Waals surface area contributed by atoms with E-state index in [-0.39, 0.29) is 6.61 Å². The third kappa shape index (κ3) is 3.19. The highest BCUT2D eigenvalue weighted by molar-refractivity contribution is 5.92. The summed E-state index contributed by atoms with van der Waals surface area (Å²) in [6, 6.07) is 6.57. The quantitative estimate of drug-likeness (QED) is 0.825. The summed E-state index contributed by atoms with van der Waals surface area (Å²) in [6.45, 7) is 0.132. The Morgan fingerprint density at radius 3 is 2.47 bits per heavy atom. The summed E-state index contributed by atoms with van der Waals surface area (Å²) in [4.78, 5) is 22.6. The van der Waals surface area contributed by atoms with Crippen LogP contribution in [-0.2, 0) is 18.4 Å². The minimum absolute atomic E-state index is 0.132. The molecule has 0 saturated heterocycles. The van der Waals surface area contributed by atoms with Crippen molar-refractivity contribution in [1.82, 2.24) is 9.78 Å². The first-order valence-corrected chi connectivity index (χ1v) is 5.61. The van der Waals surface area contributed by atoms with Crippen molar-refractivity contribution in [2.45, 2.75) is 6.61 Å². The maximum Gasteiger partial charge on any atom is 0.341 e. The predicted octanol–water partition coefficient (Wildman–Crippen LogP) is 0.876. The molecule has 0 unspecified atom stereocenters. The van der Waals surface area contributed by atoms with Gasteiger partial charge in [-0.25, -0.2) is 4.79 Å². The van der Waals surface area contributed by atoms with Crippen molar-refractivity contribution >= 4 is 11.9 Å². The van der Waals surface area contributed by atoms with E-state index < -0.39 is 11.9 Å². The third-order valence-electron chi connectivity index (χ3n) is 2.55. The van der Waals surface area contributed by atoms with Crippen LogP contribution in [0.2, 0.25) is 0 Å². The highest BCUT2D eigenvalue weighted by Crippen LogP contribution is 2.07. The average Bonchev–Trinajstić information content (AvgIpc) is 2.83. The molecule has 6 nitrogen and oxygen atoms in total. The van der Waals surface area contributed by atoms with Gasteiger partial charge in [-0.3, -0.25) is 9.48 Å².